The fourth-order valence-corrected chi connectivity index (χ4v) is 5.63. The topological polar surface area (TPSA) is 54.5 Å². The Bertz CT molecular complexity index is 671. The monoisotopic (exact) mass is 371 g/mol. The van der Waals surface area contributed by atoms with Crippen molar-refractivity contribution in [2.24, 2.45) is 16.7 Å². The van der Waals surface area contributed by atoms with Gasteiger partial charge in [-0.15, -0.1) is 0 Å². The highest BCUT2D eigenvalue weighted by Gasteiger charge is 2.61. The van der Waals surface area contributed by atoms with Crippen molar-refractivity contribution >= 4 is 6.03 Å². The lowest BCUT2D eigenvalue weighted by Crippen LogP contribution is -2.52. The number of nitrogens with zero attached hydrogens (tertiary/aromatic N) is 2. The van der Waals surface area contributed by atoms with Gasteiger partial charge in [-0.2, -0.15) is 0 Å². The Hall–Kier alpha value is -1.62. The Morgan fingerprint density at radius 3 is 2.81 bits per heavy atom. The number of nitrogens with one attached hydrogen (secondary N) is 1. The molecule has 2 bridgehead atoms. The molecule has 2 amide bonds. The van der Waals surface area contributed by atoms with Gasteiger partial charge >= 0.3 is 6.03 Å². The van der Waals surface area contributed by atoms with Gasteiger partial charge in [-0.1, -0.05) is 26.8 Å². The number of carbonyl (C=O) groups is 1. The number of pyridine rings is 1. The minimum absolute atomic E-state index is 0.0453. The molecule has 1 aromatic heterocycles. The number of rotatable bonds is 5. The van der Waals surface area contributed by atoms with Crippen molar-refractivity contribution in [2.75, 3.05) is 13.2 Å². The third kappa shape index (κ3) is 3.35. The number of amides is 2. The van der Waals surface area contributed by atoms with Crippen LogP contribution in [-0.2, 0) is 11.3 Å². The van der Waals surface area contributed by atoms with Crippen molar-refractivity contribution in [1.82, 2.24) is 15.2 Å². The van der Waals surface area contributed by atoms with E-state index in [0.717, 1.165) is 37.4 Å². The molecule has 2 aliphatic carbocycles. The molecule has 0 spiro atoms. The third-order valence-electron chi connectivity index (χ3n) is 7.92. The van der Waals surface area contributed by atoms with Crippen LogP contribution in [0, 0.1) is 16.7 Å². The summed E-state index contributed by atoms with van der Waals surface area (Å²) >= 11 is 0. The lowest BCUT2D eigenvalue weighted by atomic mass is 9.69. The van der Waals surface area contributed by atoms with Crippen molar-refractivity contribution in [1.29, 1.82) is 0 Å². The van der Waals surface area contributed by atoms with Crippen molar-refractivity contribution in [3.63, 3.8) is 0 Å². The highest BCUT2D eigenvalue weighted by molar-refractivity contribution is 5.75. The molecule has 1 saturated heterocycles. The van der Waals surface area contributed by atoms with Gasteiger partial charge in [-0.25, -0.2) is 4.79 Å². The zero-order valence-corrected chi connectivity index (χ0v) is 16.9. The minimum Gasteiger partial charge on any atom is -0.376 e. The van der Waals surface area contributed by atoms with E-state index in [2.05, 4.69) is 31.1 Å². The molecule has 4 atom stereocenters. The average molecular weight is 372 g/mol. The fourth-order valence-electron chi connectivity index (χ4n) is 5.63. The molecule has 1 N–H and O–H groups in total. The summed E-state index contributed by atoms with van der Waals surface area (Å²) in [5.41, 5.74) is 1.55. The predicted octanol–water partition coefficient (Wildman–Crippen LogP) is 3.99. The number of hydrogen-bond donors (Lipinski definition) is 1. The second-order valence-corrected chi connectivity index (χ2v) is 9.49. The molecule has 27 heavy (non-hydrogen) atoms. The van der Waals surface area contributed by atoms with Crippen LogP contribution in [0.4, 0.5) is 4.79 Å². The zero-order valence-electron chi connectivity index (χ0n) is 16.9. The first-order chi connectivity index (χ1) is 12.9. The molecular formula is C22H33N3O2. The van der Waals surface area contributed by atoms with Gasteiger partial charge in [0.2, 0.25) is 0 Å². The summed E-state index contributed by atoms with van der Waals surface area (Å²) in [6.45, 7) is 9.18. The summed E-state index contributed by atoms with van der Waals surface area (Å²) in [6.07, 6.45) is 9.51. The molecule has 3 fully saturated rings. The second kappa shape index (κ2) is 7.08. The van der Waals surface area contributed by atoms with Crippen molar-refractivity contribution < 1.29 is 9.53 Å². The van der Waals surface area contributed by atoms with Gasteiger partial charge in [-0.05, 0) is 60.5 Å². The number of aromatic nitrogens is 1. The Morgan fingerprint density at radius 2 is 2.22 bits per heavy atom. The van der Waals surface area contributed by atoms with E-state index in [1.54, 1.807) is 6.20 Å². The van der Waals surface area contributed by atoms with Crippen LogP contribution >= 0.6 is 0 Å². The van der Waals surface area contributed by atoms with Crippen molar-refractivity contribution in [3.05, 3.63) is 30.1 Å². The van der Waals surface area contributed by atoms with E-state index in [1.807, 2.05) is 23.2 Å². The molecule has 1 aromatic rings. The SMILES string of the molecule is CC1(C)[C@H]2CC[C@@]1(C)[C@@H](NC(=O)N(Cc1cccnc1)C[C@H]1CCCO1)C2. The van der Waals surface area contributed by atoms with Gasteiger partial charge in [-0.3, -0.25) is 4.98 Å². The normalized spacial score (nSPS) is 34.0. The first kappa shape index (κ1) is 18.7. The summed E-state index contributed by atoms with van der Waals surface area (Å²) in [4.78, 5) is 19.4. The maximum absolute atomic E-state index is 13.3. The average Bonchev–Trinajstić information content (AvgIpc) is 3.28. The molecular weight excluding hydrogens is 338 g/mol. The lowest BCUT2D eigenvalue weighted by molar-refractivity contribution is 0.0748. The molecule has 0 unspecified atom stereocenters. The molecule has 1 aliphatic heterocycles. The minimum atomic E-state index is 0.0453. The number of carbonyl (C=O) groups excluding carboxylic acids is 1. The van der Waals surface area contributed by atoms with Gasteiger partial charge in [0.15, 0.2) is 0 Å². The summed E-state index contributed by atoms with van der Waals surface area (Å²) in [5, 5.41) is 3.41. The quantitative estimate of drug-likeness (QED) is 0.851. The van der Waals surface area contributed by atoms with Crippen molar-refractivity contribution in [3.8, 4) is 0 Å². The van der Waals surface area contributed by atoms with E-state index < -0.39 is 0 Å². The van der Waals surface area contributed by atoms with E-state index in [4.69, 9.17) is 4.74 Å². The van der Waals surface area contributed by atoms with E-state index in [1.165, 1.54) is 12.8 Å². The van der Waals surface area contributed by atoms with E-state index in [9.17, 15) is 4.79 Å². The summed E-state index contributed by atoms with van der Waals surface area (Å²) in [7, 11) is 0. The smallest absolute Gasteiger partial charge is 0.318 e. The van der Waals surface area contributed by atoms with Crippen LogP contribution in [0.15, 0.2) is 24.5 Å². The Balaban J connectivity index is 1.47. The first-order valence-electron chi connectivity index (χ1n) is 10.5. The molecule has 0 radical (unpaired) electrons. The van der Waals surface area contributed by atoms with Crippen LogP contribution in [0.3, 0.4) is 0 Å². The summed E-state index contributed by atoms with van der Waals surface area (Å²) in [6, 6.07) is 4.27. The molecule has 4 rings (SSSR count). The van der Waals surface area contributed by atoms with Crippen LogP contribution in [0.1, 0.15) is 58.4 Å². The molecule has 5 heteroatoms. The number of urea groups is 1. The predicted molar refractivity (Wildman–Crippen MR) is 105 cm³/mol. The van der Waals surface area contributed by atoms with Crippen LogP contribution in [-0.4, -0.2) is 41.2 Å². The largest absolute Gasteiger partial charge is 0.376 e. The van der Waals surface area contributed by atoms with Gasteiger partial charge in [0.05, 0.1) is 6.10 Å². The molecule has 5 nitrogen and oxygen atoms in total. The van der Waals surface area contributed by atoms with Crippen molar-refractivity contribution in [2.45, 2.75) is 71.6 Å². The molecule has 148 valence electrons. The standard InChI is InChI=1S/C22H33N3O2/c1-21(2)17-8-9-22(21,3)19(12-17)24-20(26)25(15-18-7-5-11-27-18)14-16-6-4-10-23-13-16/h4,6,10,13,17-19H,5,7-9,11-12,14-15H2,1-3H3,(H,24,26)/t17-,18+,19-,22-/m0/s1. The lowest BCUT2D eigenvalue weighted by Gasteiger charge is -2.40. The maximum atomic E-state index is 13.3. The van der Waals surface area contributed by atoms with E-state index in [-0.39, 0.29) is 23.6 Å². The van der Waals surface area contributed by atoms with Crippen LogP contribution in [0.25, 0.3) is 0 Å². The van der Waals surface area contributed by atoms with Crippen LogP contribution < -0.4 is 5.32 Å². The molecule has 3 aliphatic rings. The molecule has 2 heterocycles. The summed E-state index contributed by atoms with van der Waals surface area (Å²) in [5.74, 6) is 0.720. The highest BCUT2D eigenvalue weighted by Crippen LogP contribution is 2.65. The van der Waals surface area contributed by atoms with Crippen LogP contribution in [0.5, 0.6) is 0 Å². The Morgan fingerprint density at radius 1 is 1.37 bits per heavy atom. The van der Waals surface area contributed by atoms with E-state index >= 15 is 0 Å². The zero-order chi connectivity index (χ0) is 19.1. The summed E-state index contributed by atoms with van der Waals surface area (Å²) < 4.78 is 5.81. The van der Waals surface area contributed by atoms with E-state index in [0.29, 0.717) is 18.5 Å². The number of ether oxygens (including phenoxy) is 1. The Labute approximate surface area is 162 Å². The van der Waals surface area contributed by atoms with Gasteiger partial charge in [0.1, 0.15) is 0 Å². The number of fused-ring (bicyclic) bond motifs is 2. The number of hydrogen-bond acceptors (Lipinski definition) is 3. The Kier molecular flexibility index (Phi) is 4.91. The first-order valence-corrected chi connectivity index (χ1v) is 10.5. The highest BCUT2D eigenvalue weighted by atomic mass is 16.5. The molecule has 0 aromatic carbocycles. The fraction of sp³-hybridized carbons (Fsp3) is 0.727. The van der Waals surface area contributed by atoms with Gasteiger partial charge in [0, 0.05) is 38.1 Å². The maximum Gasteiger partial charge on any atom is 0.318 e. The third-order valence-corrected chi connectivity index (χ3v) is 7.92. The molecule has 2 saturated carbocycles. The second-order valence-electron chi connectivity index (χ2n) is 9.49. The van der Waals surface area contributed by atoms with Gasteiger partial charge < -0.3 is 15.0 Å². The van der Waals surface area contributed by atoms with Gasteiger partial charge in [0.25, 0.3) is 0 Å². The van der Waals surface area contributed by atoms with Crippen LogP contribution in [0.2, 0.25) is 0 Å².